The second-order valence-electron chi connectivity index (χ2n) is 34.2. The molecule has 0 aliphatic rings. The van der Waals surface area contributed by atoms with Crippen molar-refractivity contribution in [3.63, 3.8) is 0 Å². The van der Waals surface area contributed by atoms with Gasteiger partial charge in [-0.05, 0) is 222 Å². The number of unbranched alkanes of at least 4 members (excludes halogenated alkanes) is 20. The van der Waals surface area contributed by atoms with Gasteiger partial charge in [0.1, 0.15) is 25.4 Å². The Kier molecular flexibility index (Phi) is 81.9. The maximum absolute atomic E-state index is 11.8. The lowest BCUT2D eigenvalue weighted by Gasteiger charge is -2.32. The van der Waals surface area contributed by atoms with E-state index >= 15 is 0 Å². The molecule has 3 atom stereocenters. The summed E-state index contributed by atoms with van der Waals surface area (Å²) in [5.74, 6) is -3.75. The van der Waals surface area contributed by atoms with Crippen molar-refractivity contribution in [3.05, 3.63) is 25.3 Å². The smallest absolute Gasteiger partial charge is 0.330 e. The minimum absolute atomic E-state index is 0.0687. The Bertz CT molecular complexity index is 2620. The summed E-state index contributed by atoms with van der Waals surface area (Å²) in [5, 5.41) is 38.5. The Morgan fingerprint density at radius 1 is 0.347 bits per heavy atom. The van der Waals surface area contributed by atoms with Gasteiger partial charge in [0.05, 0.1) is 108 Å². The average Bonchev–Trinajstić information content (AvgIpc) is 0.928. The van der Waals surface area contributed by atoms with Gasteiger partial charge in [-0.25, -0.2) is 9.59 Å². The van der Waals surface area contributed by atoms with Crippen LogP contribution in [0.15, 0.2) is 25.3 Å². The zero-order valence-corrected chi connectivity index (χ0v) is 78.9. The molecule has 0 fully saturated rings. The van der Waals surface area contributed by atoms with Gasteiger partial charge >= 0.3 is 59.7 Å². The van der Waals surface area contributed by atoms with E-state index in [-0.39, 0.29) is 93.3 Å². The molecule has 0 spiro atoms. The Balaban J connectivity index is -0.000000475. The molecule has 27 heteroatoms. The first-order valence-corrected chi connectivity index (χ1v) is 45.7. The van der Waals surface area contributed by atoms with Gasteiger partial charge in [-0.15, -0.1) is 0 Å². The second kappa shape index (κ2) is 80.6. The number of carbonyl (C=O) groups excluding carboxylic acids is 10. The molecule has 0 bridgehead atoms. The Morgan fingerprint density at radius 3 is 1.02 bits per heavy atom. The maximum atomic E-state index is 11.8. The van der Waals surface area contributed by atoms with Crippen LogP contribution in [0.3, 0.4) is 0 Å². The highest BCUT2D eigenvalue weighted by Crippen LogP contribution is 2.25. The van der Waals surface area contributed by atoms with E-state index < -0.39 is 51.8 Å². The van der Waals surface area contributed by atoms with Crippen molar-refractivity contribution in [1.29, 1.82) is 0 Å². The summed E-state index contributed by atoms with van der Waals surface area (Å²) in [4.78, 5) is 124. The molecule has 0 aromatic carbocycles. The quantitative estimate of drug-likeness (QED) is 0.0167. The molecule has 27 nitrogen and oxygen atoms in total. The zero-order valence-electron chi connectivity index (χ0n) is 78.9. The van der Waals surface area contributed by atoms with E-state index in [2.05, 4.69) is 48.0 Å². The maximum Gasteiger partial charge on any atom is 0.330 e. The van der Waals surface area contributed by atoms with E-state index in [0.29, 0.717) is 143 Å². The monoisotopic (exact) mass is 1730 g/mol. The number of hydrogen-bond donors (Lipinski definition) is 3. The van der Waals surface area contributed by atoms with Crippen molar-refractivity contribution in [2.75, 3.05) is 113 Å². The number of carboxylic acids is 2. The molecule has 0 amide bonds. The predicted molar refractivity (Wildman–Crippen MR) is 470 cm³/mol. The third-order valence-corrected chi connectivity index (χ3v) is 20.7. The van der Waals surface area contributed by atoms with Crippen LogP contribution in [0.4, 0.5) is 0 Å². The third-order valence-electron chi connectivity index (χ3n) is 20.7. The summed E-state index contributed by atoms with van der Waals surface area (Å²) in [5.41, 5.74) is -1.79. The van der Waals surface area contributed by atoms with Crippen LogP contribution in [0.25, 0.3) is 0 Å². The number of esters is 9. The number of ether oxygens (including phenoxy) is 11. The van der Waals surface area contributed by atoms with Gasteiger partial charge in [0, 0.05) is 57.0 Å². The van der Waals surface area contributed by atoms with Crippen LogP contribution in [0, 0.1) is 27.6 Å². The number of aliphatic hydroxyl groups excluding tert-OH is 2. The standard InChI is InChI=1S/C24H48NO4.C24H44O6.C22H38O8.2C12H22O4/c1-5-7-8-9-10-11-12-13-14-15-18-25(3,4)21-23(26)22-28-19-16-17-20-29-24(27)6-2;1-6-9-14-20(7-2)19-30-22(26)15-11-10-12-17-28-21(25)16-13-18-29-23(27)24(4,5)8-3;1-5-19(24)28-14-11-10-13-27-16-18(23)17-30-20(25)12-8-7-9-15-29-21(26)22(3,4)6-2;2*1-4-12(2,3)11(15)16-9-7-5-6-8-10(13)14/h6,23,26H,2,5,7-22H2,1,3-4H3;20H,6-19H2,1-5H3;5,18,23H,1,6-17H2,2-4H3;2*4-9H2,1-3H3,(H,13,14)/q+1;;;;/p-1. The number of aliphatic hydroxyl groups is 2. The van der Waals surface area contributed by atoms with E-state index in [9.17, 15) is 68.1 Å². The second-order valence-corrected chi connectivity index (χ2v) is 34.2. The fourth-order valence-electron chi connectivity index (χ4n) is 10.4. The fourth-order valence-corrected chi connectivity index (χ4v) is 10.4. The average molecular weight is 1730 g/mol. The first-order chi connectivity index (χ1) is 57.2. The van der Waals surface area contributed by atoms with Crippen molar-refractivity contribution in [2.45, 2.75) is 373 Å². The Morgan fingerprint density at radius 2 is 0.653 bits per heavy atom. The van der Waals surface area contributed by atoms with Crippen molar-refractivity contribution >= 4 is 65.7 Å². The molecule has 3 N–H and O–H groups in total. The minimum Gasteiger partial charge on any atom is -0.550 e. The Hall–Kier alpha value is -6.55. The highest BCUT2D eigenvalue weighted by Gasteiger charge is 2.30. The normalized spacial score (nSPS) is 12.1. The molecular weight excluding hydrogens is 1560 g/mol. The lowest BCUT2D eigenvalue weighted by atomic mass is 9.91. The third kappa shape index (κ3) is 82.8. The topological polar surface area (TPSA) is 373 Å². The number of nitrogens with zero attached hydrogens (tertiary/aromatic N) is 1. The fraction of sp³-hybridized carbons (Fsp3) is 0.840. The summed E-state index contributed by atoms with van der Waals surface area (Å²) in [6, 6.07) is 0. The summed E-state index contributed by atoms with van der Waals surface area (Å²) in [6.45, 7) is 41.9. The van der Waals surface area contributed by atoms with Crippen LogP contribution in [0.2, 0.25) is 0 Å². The number of aliphatic carboxylic acids is 2. The number of hydrogen-bond acceptors (Lipinski definition) is 25. The molecule has 0 aliphatic heterocycles. The number of quaternary nitrogens is 1. The van der Waals surface area contributed by atoms with E-state index in [1.165, 1.54) is 83.1 Å². The molecule has 0 heterocycles. The van der Waals surface area contributed by atoms with E-state index in [4.69, 9.17) is 57.2 Å². The van der Waals surface area contributed by atoms with E-state index in [1.807, 2.05) is 83.1 Å². The molecule has 3 unspecified atom stereocenters. The lowest BCUT2D eigenvalue weighted by molar-refractivity contribution is -0.893. The van der Waals surface area contributed by atoms with Crippen molar-refractivity contribution in [2.24, 2.45) is 27.6 Å². The Labute approximate surface area is 730 Å². The van der Waals surface area contributed by atoms with Crippen molar-refractivity contribution < 1.29 is 130 Å². The van der Waals surface area contributed by atoms with Gasteiger partial charge in [-0.2, -0.15) is 0 Å². The highest BCUT2D eigenvalue weighted by atomic mass is 16.6. The number of carbonyl (C=O) groups is 11. The molecule has 0 aromatic heterocycles. The van der Waals surface area contributed by atoms with Gasteiger partial charge in [-0.1, -0.05) is 132 Å². The first-order valence-electron chi connectivity index (χ1n) is 45.7. The molecule has 121 heavy (non-hydrogen) atoms. The summed E-state index contributed by atoms with van der Waals surface area (Å²) < 4.78 is 57.7. The molecular formula is C94H173NO26. The van der Waals surface area contributed by atoms with Crippen LogP contribution in [-0.4, -0.2) is 211 Å². The van der Waals surface area contributed by atoms with Gasteiger partial charge in [0.15, 0.2) is 0 Å². The molecule has 0 aromatic rings. The largest absolute Gasteiger partial charge is 0.550 e. The zero-order chi connectivity index (χ0) is 92.7. The predicted octanol–water partition coefficient (Wildman–Crippen LogP) is 17.3. The summed E-state index contributed by atoms with van der Waals surface area (Å²) in [6.07, 6.45) is 35.0. The van der Waals surface area contributed by atoms with Crippen molar-refractivity contribution in [1.82, 2.24) is 0 Å². The van der Waals surface area contributed by atoms with Crippen LogP contribution in [0.1, 0.15) is 361 Å². The number of rotatable bonds is 73. The molecule has 0 aliphatic carbocycles. The van der Waals surface area contributed by atoms with Gasteiger partial charge in [-0.3, -0.25) is 38.4 Å². The molecule has 0 saturated carbocycles. The van der Waals surface area contributed by atoms with Crippen molar-refractivity contribution in [3.8, 4) is 0 Å². The summed E-state index contributed by atoms with van der Waals surface area (Å²) in [7, 11) is 4.37. The van der Waals surface area contributed by atoms with Gasteiger partial charge in [0.25, 0.3) is 0 Å². The molecule has 710 valence electrons. The summed E-state index contributed by atoms with van der Waals surface area (Å²) >= 11 is 0. The van der Waals surface area contributed by atoms with Crippen LogP contribution in [0.5, 0.6) is 0 Å². The van der Waals surface area contributed by atoms with Gasteiger partial charge in [0.2, 0.25) is 0 Å². The van der Waals surface area contributed by atoms with Crippen LogP contribution >= 0.6 is 0 Å². The SMILES string of the molecule is C=CC(=O)OCCCCOCC(O)COC(=O)CCCCCOC(=O)C(C)(C)CC.C=CC(=O)OCCCCOCC(O)C[N+](C)(C)CCCCCCCCCCCC.CCC(C)(C)C(=O)OCCCCCC(=O)O.CCC(C)(C)C(=O)OCCCCCC(=O)[O-].CCCCC(CC)COC(=O)CCCCCOC(=O)CCCOC(=O)C(C)(C)CC. The molecule has 0 rings (SSSR count). The molecule has 0 radical (unpaired) electrons. The van der Waals surface area contributed by atoms with E-state index in [1.54, 1.807) is 0 Å². The highest BCUT2D eigenvalue weighted by molar-refractivity contribution is 5.81. The van der Waals surface area contributed by atoms with E-state index in [0.717, 1.165) is 107 Å². The minimum atomic E-state index is -1.02. The molecule has 0 saturated heterocycles. The first kappa shape index (κ1) is 123. The van der Waals surface area contributed by atoms with Gasteiger partial charge < -0.3 is 81.8 Å². The van der Waals surface area contributed by atoms with Crippen LogP contribution in [-0.2, 0) is 105 Å². The van der Waals surface area contributed by atoms with Crippen LogP contribution < -0.4 is 5.11 Å². The number of carboxylic acid groups (broad SMARTS) is 2. The lowest BCUT2D eigenvalue weighted by Crippen LogP contribution is -2.47. The number of likely N-dealkylation sites (N-methyl/N-ethyl adjacent to an activating group) is 1.